The summed E-state index contributed by atoms with van der Waals surface area (Å²) in [5.41, 5.74) is 5.46. The van der Waals surface area contributed by atoms with Gasteiger partial charge in [-0.3, -0.25) is 15.0 Å². The third-order valence-electron chi connectivity index (χ3n) is 10.0. The molecular formula is C42H85N5O2. The number of nitrogens with two attached hydrogens (primary N) is 1. The molecule has 0 spiro atoms. The van der Waals surface area contributed by atoms with Crippen molar-refractivity contribution in [3.8, 4) is 0 Å². The third-order valence-corrected chi connectivity index (χ3v) is 10.0. The predicted octanol–water partition coefficient (Wildman–Crippen LogP) is 11.3. The minimum atomic E-state index is -0.507. The molecule has 290 valence electrons. The number of nitrogens with one attached hydrogen (secondary N) is 3. The first-order chi connectivity index (χ1) is 24.0. The van der Waals surface area contributed by atoms with Crippen molar-refractivity contribution in [3.05, 3.63) is 0 Å². The van der Waals surface area contributed by atoms with Crippen molar-refractivity contribution < 1.29 is 9.59 Å². The largest absolute Gasteiger partial charge is 0.370 e. The van der Waals surface area contributed by atoms with Gasteiger partial charge in [0.25, 0.3) is 0 Å². The molecule has 0 saturated carbocycles. The summed E-state index contributed by atoms with van der Waals surface area (Å²) < 4.78 is 0. The molecule has 1 atom stereocenters. The smallest absolute Gasteiger partial charge is 0.245 e. The molecule has 0 bridgehead atoms. The van der Waals surface area contributed by atoms with Gasteiger partial charge in [0.1, 0.15) is 6.04 Å². The zero-order valence-corrected chi connectivity index (χ0v) is 33.2. The van der Waals surface area contributed by atoms with E-state index in [9.17, 15) is 9.59 Å². The lowest BCUT2D eigenvalue weighted by Crippen LogP contribution is -2.49. The van der Waals surface area contributed by atoms with Crippen LogP contribution in [-0.4, -0.2) is 48.3 Å². The Morgan fingerprint density at radius 3 is 1.24 bits per heavy atom. The molecule has 0 aliphatic rings. The number of rotatable bonds is 38. The van der Waals surface area contributed by atoms with Crippen molar-refractivity contribution in [3.63, 3.8) is 0 Å². The van der Waals surface area contributed by atoms with Crippen LogP contribution in [0.3, 0.4) is 0 Å². The van der Waals surface area contributed by atoms with Crippen LogP contribution >= 0.6 is 0 Å². The van der Waals surface area contributed by atoms with Gasteiger partial charge < -0.3 is 21.3 Å². The quantitative estimate of drug-likeness (QED) is 0.0293. The maximum absolute atomic E-state index is 13.8. The molecule has 1 unspecified atom stereocenters. The zero-order chi connectivity index (χ0) is 36.0. The highest BCUT2D eigenvalue weighted by Gasteiger charge is 2.25. The van der Waals surface area contributed by atoms with E-state index in [4.69, 9.17) is 11.1 Å². The maximum Gasteiger partial charge on any atom is 0.245 e. The third kappa shape index (κ3) is 33.1. The van der Waals surface area contributed by atoms with Crippen LogP contribution < -0.4 is 16.4 Å². The number of carbonyl (C=O) groups is 2. The van der Waals surface area contributed by atoms with Crippen LogP contribution in [0.1, 0.15) is 226 Å². The fourth-order valence-corrected chi connectivity index (χ4v) is 6.78. The molecule has 0 rings (SSSR count). The first-order valence-electron chi connectivity index (χ1n) is 21.6. The summed E-state index contributed by atoms with van der Waals surface area (Å²) in [6.07, 6.45) is 38.8. The summed E-state index contributed by atoms with van der Waals surface area (Å²) in [5, 5.41) is 13.4. The molecule has 0 radical (unpaired) electrons. The first-order valence-corrected chi connectivity index (χ1v) is 21.6. The summed E-state index contributed by atoms with van der Waals surface area (Å²) in [5.74, 6) is 0.00283. The molecule has 2 amide bonds. The second-order valence-electron chi connectivity index (χ2n) is 14.9. The molecule has 0 saturated heterocycles. The van der Waals surface area contributed by atoms with Crippen molar-refractivity contribution in [2.45, 2.75) is 232 Å². The molecule has 5 N–H and O–H groups in total. The number of amides is 2. The molecule has 0 aromatic carbocycles. The normalized spacial score (nSPS) is 11.8. The summed E-state index contributed by atoms with van der Waals surface area (Å²) >= 11 is 0. The maximum atomic E-state index is 13.8. The Balaban J connectivity index is 4.37. The van der Waals surface area contributed by atoms with Gasteiger partial charge in [-0.15, -0.1) is 0 Å². The Hall–Kier alpha value is -1.79. The minimum Gasteiger partial charge on any atom is -0.370 e. The zero-order valence-electron chi connectivity index (χ0n) is 33.2. The summed E-state index contributed by atoms with van der Waals surface area (Å²) in [7, 11) is 0. The van der Waals surface area contributed by atoms with E-state index in [1.54, 1.807) is 0 Å². The molecule has 7 nitrogen and oxygen atoms in total. The van der Waals surface area contributed by atoms with Crippen LogP contribution in [0.5, 0.6) is 0 Å². The summed E-state index contributed by atoms with van der Waals surface area (Å²) in [6.45, 7) is 8.81. The molecule has 0 aromatic heterocycles. The number of guanidine groups is 1. The van der Waals surface area contributed by atoms with Crippen LogP contribution in [0.2, 0.25) is 0 Å². The Morgan fingerprint density at radius 1 is 0.531 bits per heavy atom. The Bertz CT molecular complexity index is 733. The van der Waals surface area contributed by atoms with Crippen molar-refractivity contribution in [1.29, 1.82) is 5.41 Å². The second-order valence-corrected chi connectivity index (χ2v) is 14.9. The van der Waals surface area contributed by atoms with E-state index in [-0.39, 0.29) is 17.8 Å². The fourth-order valence-electron chi connectivity index (χ4n) is 6.78. The van der Waals surface area contributed by atoms with Crippen molar-refractivity contribution >= 4 is 17.8 Å². The molecule has 0 aromatic rings. The van der Waals surface area contributed by atoms with Crippen LogP contribution in [-0.2, 0) is 9.59 Å². The van der Waals surface area contributed by atoms with E-state index in [1.165, 1.54) is 148 Å². The monoisotopic (exact) mass is 692 g/mol. The van der Waals surface area contributed by atoms with Gasteiger partial charge in [-0.25, -0.2) is 0 Å². The average Bonchev–Trinajstić information content (AvgIpc) is 3.09. The van der Waals surface area contributed by atoms with Crippen molar-refractivity contribution in [2.75, 3.05) is 19.6 Å². The van der Waals surface area contributed by atoms with Crippen LogP contribution in [0.4, 0.5) is 0 Å². The highest BCUT2D eigenvalue weighted by Crippen LogP contribution is 2.16. The van der Waals surface area contributed by atoms with E-state index in [1.807, 2.05) is 4.90 Å². The number of carbonyl (C=O) groups excluding carboxylic acids is 2. The lowest BCUT2D eigenvalue weighted by atomic mass is 10.0. The molecule has 49 heavy (non-hydrogen) atoms. The Labute approximate surface area is 305 Å². The number of nitrogens with zero attached hydrogens (tertiary/aromatic N) is 1. The lowest BCUT2D eigenvalue weighted by molar-refractivity contribution is -0.137. The molecule has 0 aliphatic heterocycles. The van der Waals surface area contributed by atoms with Gasteiger partial charge in [0.2, 0.25) is 11.8 Å². The second kappa shape index (κ2) is 37.5. The molecular weight excluding hydrogens is 606 g/mol. The highest BCUT2D eigenvalue weighted by atomic mass is 16.2. The highest BCUT2D eigenvalue weighted by molar-refractivity contribution is 5.87. The van der Waals surface area contributed by atoms with Gasteiger partial charge in [-0.05, 0) is 32.1 Å². The Kier molecular flexibility index (Phi) is 36.1. The van der Waals surface area contributed by atoms with Crippen LogP contribution in [0.25, 0.3) is 0 Å². The molecule has 0 aliphatic carbocycles. The number of unbranched alkanes of at least 4 members (excludes halogenated alkanes) is 26. The molecule has 0 heterocycles. The fraction of sp³-hybridized carbons (Fsp3) is 0.929. The Morgan fingerprint density at radius 2 is 0.878 bits per heavy atom. The van der Waals surface area contributed by atoms with Gasteiger partial charge in [-0.2, -0.15) is 0 Å². The van der Waals surface area contributed by atoms with Gasteiger partial charge in [0.15, 0.2) is 5.96 Å². The topological polar surface area (TPSA) is 111 Å². The standard InChI is InChI=1S/C42H85N5O2/c1-4-7-10-13-14-15-16-17-18-19-20-21-22-23-24-25-26-27-30-35-40(48)46-39(34-33-36-45-42(43)44)41(49)47(37-31-28-11-8-5-2)38-32-29-12-9-6-3/h39H,4-38H2,1-3H3,(H,46,48)(H4,43,44,45). The van der Waals surface area contributed by atoms with Gasteiger partial charge in [0, 0.05) is 26.1 Å². The van der Waals surface area contributed by atoms with E-state index >= 15 is 0 Å². The van der Waals surface area contributed by atoms with E-state index in [0.717, 1.165) is 51.6 Å². The predicted molar refractivity (Wildman–Crippen MR) is 213 cm³/mol. The number of hydrogen-bond donors (Lipinski definition) is 4. The number of hydrogen-bond acceptors (Lipinski definition) is 3. The van der Waals surface area contributed by atoms with E-state index in [2.05, 4.69) is 31.4 Å². The molecule has 0 fully saturated rings. The van der Waals surface area contributed by atoms with Crippen LogP contribution in [0.15, 0.2) is 0 Å². The van der Waals surface area contributed by atoms with Gasteiger partial charge in [0.05, 0.1) is 0 Å². The lowest BCUT2D eigenvalue weighted by Gasteiger charge is -2.28. The van der Waals surface area contributed by atoms with Gasteiger partial charge in [-0.1, -0.05) is 188 Å². The minimum absolute atomic E-state index is 0.00399. The van der Waals surface area contributed by atoms with E-state index < -0.39 is 6.04 Å². The molecule has 7 heteroatoms. The first kappa shape index (κ1) is 47.2. The van der Waals surface area contributed by atoms with Crippen molar-refractivity contribution in [1.82, 2.24) is 15.5 Å². The van der Waals surface area contributed by atoms with E-state index in [0.29, 0.717) is 25.8 Å². The van der Waals surface area contributed by atoms with Crippen molar-refractivity contribution in [2.24, 2.45) is 5.73 Å². The summed E-state index contributed by atoms with van der Waals surface area (Å²) in [6, 6.07) is -0.507. The van der Waals surface area contributed by atoms with Crippen LogP contribution in [0, 0.1) is 5.41 Å². The summed E-state index contributed by atoms with van der Waals surface area (Å²) in [4.78, 5) is 28.9. The van der Waals surface area contributed by atoms with Gasteiger partial charge >= 0.3 is 0 Å². The SMILES string of the molecule is CCCCCCCCCCCCCCCCCCCCCC(=O)NC(CCCNC(=N)N)C(=O)N(CCCCCCC)CCCCCCC. The average molecular weight is 692 g/mol.